The van der Waals surface area contributed by atoms with E-state index in [2.05, 4.69) is 4.52 Å². The van der Waals surface area contributed by atoms with Crippen LogP contribution in [-0.4, -0.2) is 20.9 Å². The predicted molar refractivity (Wildman–Crippen MR) is 34.5 cm³/mol. The van der Waals surface area contributed by atoms with Gasteiger partial charge in [0.15, 0.2) is 0 Å². The van der Waals surface area contributed by atoms with E-state index in [-0.39, 0.29) is 0 Å². The first-order valence-corrected chi connectivity index (χ1v) is 4.04. The number of hydrogen-bond acceptors (Lipinski definition) is 3. The lowest BCUT2D eigenvalue weighted by molar-refractivity contribution is -0.135. The molecule has 0 fully saturated rings. The lowest BCUT2D eigenvalue weighted by atomic mass is 10.5. The zero-order valence-electron chi connectivity index (χ0n) is 5.59. The second-order valence-electron chi connectivity index (χ2n) is 1.54. The van der Waals surface area contributed by atoms with E-state index in [0.29, 0.717) is 0 Å². The Bertz CT molecular complexity index is 225. The van der Waals surface area contributed by atoms with Gasteiger partial charge in [-0.25, -0.2) is 9.36 Å². The van der Waals surface area contributed by atoms with Gasteiger partial charge in [0.1, 0.15) is 0 Å². The van der Waals surface area contributed by atoms with Crippen molar-refractivity contribution in [3.05, 3.63) is 11.8 Å². The second-order valence-corrected chi connectivity index (χ2v) is 2.70. The Balaban J connectivity index is 4.37. The Morgan fingerprint density at radius 2 is 2.00 bits per heavy atom. The van der Waals surface area contributed by atoms with Crippen LogP contribution in [0, 0.1) is 0 Å². The number of carboxylic acid groups (broad SMARTS) is 1. The molecular formula is C4H7O6P. The maximum Gasteiger partial charge on any atom is 0.525 e. The largest absolute Gasteiger partial charge is 0.525 e. The van der Waals surface area contributed by atoms with Crippen LogP contribution in [0.1, 0.15) is 6.92 Å². The van der Waals surface area contributed by atoms with Gasteiger partial charge in [-0.05, 0) is 13.0 Å². The van der Waals surface area contributed by atoms with Gasteiger partial charge in [-0.2, -0.15) is 0 Å². The molecule has 0 aliphatic rings. The zero-order chi connectivity index (χ0) is 9.07. The van der Waals surface area contributed by atoms with Crippen LogP contribution in [0.25, 0.3) is 0 Å². The summed E-state index contributed by atoms with van der Waals surface area (Å²) in [5, 5.41) is 8.20. The molecule has 0 aliphatic heterocycles. The third-order valence-electron chi connectivity index (χ3n) is 0.690. The van der Waals surface area contributed by atoms with Crippen LogP contribution in [0.15, 0.2) is 11.8 Å². The minimum absolute atomic E-state index is 0.765. The smallest absolute Gasteiger partial charge is 0.475 e. The van der Waals surface area contributed by atoms with Gasteiger partial charge in [-0.1, -0.05) is 0 Å². The van der Waals surface area contributed by atoms with Gasteiger partial charge in [0.2, 0.25) is 5.76 Å². The molecule has 0 radical (unpaired) electrons. The average Bonchev–Trinajstić information content (AvgIpc) is 1.80. The van der Waals surface area contributed by atoms with Crippen molar-refractivity contribution in [1.29, 1.82) is 0 Å². The van der Waals surface area contributed by atoms with Crippen LogP contribution in [0.4, 0.5) is 0 Å². The van der Waals surface area contributed by atoms with Crippen molar-refractivity contribution in [2.24, 2.45) is 0 Å². The molecule has 6 nitrogen and oxygen atoms in total. The Morgan fingerprint density at radius 3 is 2.09 bits per heavy atom. The molecule has 7 heteroatoms. The Morgan fingerprint density at radius 1 is 1.55 bits per heavy atom. The summed E-state index contributed by atoms with van der Waals surface area (Å²) in [7, 11) is -4.74. The van der Waals surface area contributed by atoms with Crippen LogP contribution >= 0.6 is 7.82 Å². The molecule has 11 heavy (non-hydrogen) atoms. The first-order chi connectivity index (χ1) is 4.87. The molecule has 0 unspecified atom stereocenters. The molecule has 3 N–H and O–H groups in total. The summed E-state index contributed by atoms with van der Waals surface area (Å²) >= 11 is 0. The van der Waals surface area contributed by atoms with Crippen molar-refractivity contribution in [3.8, 4) is 0 Å². The minimum atomic E-state index is -4.74. The number of aliphatic carboxylic acids is 1. The third-order valence-corrected chi connectivity index (χ3v) is 1.12. The predicted octanol–water partition coefficient (Wildman–Crippen LogP) is 0.0841. The summed E-state index contributed by atoms with van der Waals surface area (Å²) in [5.74, 6) is -2.28. The molecule has 0 heterocycles. The molecular weight excluding hydrogens is 175 g/mol. The molecule has 0 bridgehead atoms. The van der Waals surface area contributed by atoms with E-state index in [1.54, 1.807) is 0 Å². The highest BCUT2D eigenvalue weighted by molar-refractivity contribution is 7.46. The van der Waals surface area contributed by atoms with Gasteiger partial charge in [0.05, 0.1) is 0 Å². The molecule has 0 atom stereocenters. The molecule has 0 spiro atoms. The number of hydrogen-bond donors (Lipinski definition) is 3. The van der Waals surface area contributed by atoms with Crippen LogP contribution < -0.4 is 0 Å². The number of rotatable bonds is 3. The highest BCUT2D eigenvalue weighted by Gasteiger charge is 2.21. The maximum absolute atomic E-state index is 10.1. The van der Waals surface area contributed by atoms with Gasteiger partial charge in [-0.15, -0.1) is 0 Å². The molecule has 64 valence electrons. The lowest BCUT2D eigenvalue weighted by Gasteiger charge is -2.05. The fraction of sp³-hybridized carbons (Fsp3) is 0.250. The van der Waals surface area contributed by atoms with Crippen LogP contribution in [-0.2, 0) is 13.9 Å². The monoisotopic (exact) mass is 182 g/mol. The molecule has 0 saturated heterocycles. The van der Waals surface area contributed by atoms with Crippen molar-refractivity contribution in [2.45, 2.75) is 6.92 Å². The van der Waals surface area contributed by atoms with Crippen LogP contribution in [0.2, 0.25) is 0 Å². The number of carbonyl (C=O) groups is 1. The quantitative estimate of drug-likeness (QED) is 0.324. The maximum atomic E-state index is 10.1. The van der Waals surface area contributed by atoms with Crippen molar-refractivity contribution in [3.63, 3.8) is 0 Å². The van der Waals surface area contributed by atoms with E-state index in [1.165, 1.54) is 6.92 Å². The summed E-state index contributed by atoms with van der Waals surface area (Å²) in [6.45, 7) is 1.29. The fourth-order valence-electron chi connectivity index (χ4n) is 0.343. The topological polar surface area (TPSA) is 104 Å². The van der Waals surface area contributed by atoms with E-state index >= 15 is 0 Å². The summed E-state index contributed by atoms with van der Waals surface area (Å²) < 4.78 is 13.8. The van der Waals surface area contributed by atoms with Gasteiger partial charge >= 0.3 is 13.8 Å². The summed E-state index contributed by atoms with van der Waals surface area (Å²) in [6, 6.07) is 0. The minimum Gasteiger partial charge on any atom is -0.475 e. The van der Waals surface area contributed by atoms with Gasteiger partial charge in [0.25, 0.3) is 0 Å². The van der Waals surface area contributed by atoms with Crippen molar-refractivity contribution >= 4 is 13.8 Å². The van der Waals surface area contributed by atoms with Crippen molar-refractivity contribution in [2.75, 3.05) is 0 Å². The Kier molecular flexibility index (Phi) is 3.25. The lowest BCUT2D eigenvalue weighted by Crippen LogP contribution is -2.02. The van der Waals surface area contributed by atoms with Gasteiger partial charge in [0, 0.05) is 0 Å². The third kappa shape index (κ3) is 4.55. The van der Waals surface area contributed by atoms with Crippen molar-refractivity contribution < 1.29 is 28.8 Å². The van der Waals surface area contributed by atoms with Crippen molar-refractivity contribution in [1.82, 2.24) is 0 Å². The number of carboxylic acids is 1. The van der Waals surface area contributed by atoms with E-state index in [0.717, 1.165) is 6.08 Å². The molecule has 0 aromatic carbocycles. The van der Waals surface area contributed by atoms with Gasteiger partial charge < -0.3 is 9.63 Å². The molecule has 0 aromatic heterocycles. The first-order valence-electron chi connectivity index (χ1n) is 2.51. The fourth-order valence-corrected chi connectivity index (χ4v) is 0.783. The molecule has 0 aliphatic carbocycles. The summed E-state index contributed by atoms with van der Waals surface area (Å²) in [5.41, 5.74) is 0. The van der Waals surface area contributed by atoms with E-state index < -0.39 is 19.6 Å². The Hall–Kier alpha value is -0.840. The molecule has 0 rings (SSSR count). The highest BCUT2D eigenvalue weighted by atomic mass is 31.2. The van der Waals surface area contributed by atoms with E-state index in [1.807, 2.05) is 0 Å². The SMILES string of the molecule is CC=C(OP(=O)(O)O)C(=O)O. The van der Waals surface area contributed by atoms with E-state index in [9.17, 15) is 9.36 Å². The zero-order valence-corrected chi connectivity index (χ0v) is 6.49. The summed E-state index contributed by atoms with van der Waals surface area (Å²) in [4.78, 5) is 26.4. The number of allylic oxidation sites excluding steroid dienone is 1. The molecule has 0 saturated carbocycles. The first kappa shape index (κ1) is 10.2. The summed E-state index contributed by atoms with van der Waals surface area (Å²) in [6.07, 6.45) is 0.946. The molecule has 0 aromatic rings. The normalized spacial score (nSPS) is 12.8. The number of phosphoric acid groups is 1. The average molecular weight is 182 g/mol. The van der Waals surface area contributed by atoms with Crippen LogP contribution in [0.3, 0.4) is 0 Å². The highest BCUT2D eigenvalue weighted by Crippen LogP contribution is 2.38. The second kappa shape index (κ2) is 3.52. The van der Waals surface area contributed by atoms with E-state index in [4.69, 9.17) is 14.9 Å². The molecule has 0 amide bonds. The Labute approximate surface area is 62.4 Å². The van der Waals surface area contributed by atoms with Crippen LogP contribution in [0.5, 0.6) is 0 Å². The standard InChI is InChI=1S/C4H7O6P/c1-2-3(4(5)6)10-11(7,8)9/h2H,1H3,(H,5,6)(H2,7,8,9). The van der Waals surface area contributed by atoms with Gasteiger partial charge in [-0.3, -0.25) is 9.79 Å². The number of phosphoric ester groups is 1.